The van der Waals surface area contributed by atoms with Crippen LogP contribution in [0.15, 0.2) is 48.8 Å². The van der Waals surface area contributed by atoms with Crippen molar-refractivity contribution < 1.29 is 13.2 Å². The number of benzene rings is 1. The summed E-state index contributed by atoms with van der Waals surface area (Å²) in [6, 6.07) is 7.04. The Balaban J connectivity index is 0.00000225. The summed E-state index contributed by atoms with van der Waals surface area (Å²) in [6.07, 6.45) is 2.89. The van der Waals surface area contributed by atoms with Gasteiger partial charge in [-0.3, -0.25) is 0 Å². The minimum atomic E-state index is -4.30. The number of aromatic nitrogens is 2. The van der Waals surface area contributed by atoms with Gasteiger partial charge >= 0.3 is 6.18 Å². The average Bonchev–Trinajstić information content (AvgIpc) is 3.00. The maximum Gasteiger partial charge on any atom is 0.416 e. The van der Waals surface area contributed by atoms with Gasteiger partial charge < -0.3 is 10.6 Å². The lowest BCUT2D eigenvalue weighted by Crippen LogP contribution is -2.28. The predicted molar refractivity (Wildman–Crippen MR) is 108 cm³/mol. The molecule has 0 bridgehead atoms. The van der Waals surface area contributed by atoms with E-state index in [1.165, 1.54) is 12.1 Å². The topological polar surface area (TPSA) is 49.8 Å². The Hall–Kier alpha value is -1.54. The van der Waals surface area contributed by atoms with Gasteiger partial charge in [-0.15, -0.1) is 37.2 Å². The average molecular weight is 444 g/mol. The second-order valence-corrected chi connectivity index (χ2v) is 5.62. The first kappa shape index (κ1) is 25.5. The summed E-state index contributed by atoms with van der Waals surface area (Å²) in [5.41, 5.74) is 0.104. The van der Waals surface area contributed by atoms with Crippen LogP contribution in [0.2, 0.25) is 0 Å². The molecule has 0 saturated carbocycles. The highest BCUT2D eigenvalue weighted by molar-refractivity contribution is 5.86. The van der Waals surface area contributed by atoms with E-state index < -0.39 is 11.7 Å². The Morgan fingerprint density at radius 2 is 1.63 bits per heavy atom. The molecule has 2 N–H and O–H groups in total. The number of hydrogen-bond acceptors (Lipinski definition) is 4. The fourth-order valence-electron chi connectivity index (χ4n) is 2.62. The number of halogens is 6. The maximum absolute atomic E-state index is 12.6. The van der Waals surface area contributed by atoms with Crippen molar-refractivity contribution in [3.05, 3.63) is 59.9 Å². The highest BCUT2D eigenvalue weighted by Crippen LogP contribution is 2.29. The van der Waals surface area contributed by atoms with Gasteiger partial charge in [-0.1, -0.05) is 24.3 Å². The molecule has 27 heavy (non-hydrogen) atoms. The Kier molecular flexibility index (Phi) is 10.7. The van der Waals surface area contributed by atoms with Gasteiger partial charge in [0.05, 0.1) is 5.56 Å². The summed E-state index contributed by atoms with van der Waals surface area (Å²) >= 11 is 0. The molecule has 2 heterocycles. The zero-order valence-corrected chi connectivity index (χ0v) is 16.5. The monoisotopic (exact) mass is 442 g/mol. The molecule has 2 atom stereocenters. The van der Waals surface area contributed by atoms with Gasteiger partial charge in [-0.2, -0.15) is 13.2 Å². The summed E-state index contributed by atoms with van der Waals surface area (Å²) < 4.78 is 37.7. The molecule has 1 aliphatic heterocycles. The predicted octanol–water partition coefficient (Wildman–Crippen LogP) is 4.47. The number of anilines is 1. The Labute approximate surface area is 174 Å². The summed E-state index contributed by atoms with van der Waals surface area (Å²) in [5.74, 6) is 0.773. The normalized spacial score (nSPS) is 18.9. The molecule has 0 spiro atoms. The van der Waals surface area contributed by atoms with E-state index in [1.54, 1.807) is 18.5 Å². The molecule has 0 amide bonds. The molecule has 0 radical (unpaired) electrons. The molecule has 1 aromatic heterocycles. The van der Waals surface area contributed by atoms with E-state index in [-0.39, 0.29) is 49.2 Å². The summed E-state index contributed by atoms with van der Waals surface area (Å²) in [4.78, 5) is 8.29. The van der Waals surface area contributed by atoms with Crippen LogP contribution < -0.4 is 10.6 Å². The van der Waals surface area contributed by atoms with Gasteiger partial charge in [0.1, 0.15) is 0 Å². The largest absolute Gasteiger partial charge is 0.416 e. The van der Waals surface area contributed by atoms with Crippen molar-refractivity contribution >= 4 is 49.2 Å². The highest BCUT2D eigenvalue weighted by Gasteiger charge is 2.30. The van der Waals surface area contributed by atoms with Crippen molar-refractivity contribution in [2.75, 3.05) is 18.4 Å². The molecule has 4 nitrogen and oxygen atoms in total. The molecule has 1 aliphatic rings. The summed E-state index contributed by atoms with van der Waals surface area (Å²) in [6.45, 7) is 1.57. The fraction of sp³-hybridized carbons (Fsp3) is 0.294. The third kappa shape index (κ3) is 7.18. The second-order valence-electron chi connectivity index (χ2n) is 5.62. The van der Waals surface area contributed by atoms with Crippen LogP contribution in [-0.2, 0) is 6.18 Å². The maximum atomic E-state index is 12.6. The Morgan fingerprint density at radius 1 is 1.00 bits per heavy atom. The smallest absolute Gasteiger partial charge is 0.350 e. The van der Waals surface area contributed by atoms with Crippen molar-refractivity contribution in [2.24, 2.45) is 5.92 Å². The van der Waals surface area contributed by atoms with Gasteiger partial charge in [0.2, 0.25) is 5.95 Å². The van der Waals surface area contributed by atoms with Crippen molar-refractivity contribution in [3.8, 4) is 0 Å². The van der Waals surface area contributed by atoms with Crippen LogP contribution in [0.1, 0.15) is 11.1 Å². The quantitative estimate of drug-likeness (QED) is 0.732. The molecule has 1 saturated heterocycles. The van der Waals surface area contributed by atoms with Gasteiger partial charge in [0.15, 0.2) is 0 Å². The van der Waals surface area contributed by atoms with E-state index in [1.807, 2.05) is 12.2 Å². The molecular weight excluding hydrogens is 424 g/mol. The lowest BCUT2D eigenvalue weighted by molar-refractivity contribution is -0.137. The molecule has 0 aliphatic carbocycles. The number of alkyl halides is 3. The zero-order chi connectivity index (χ0) is 17.0. The van der Waals surface area contributed by atoms with Gasteiger partial charge in [0.25, 0.3) is 0 Å². The Bertz CT molecular complexity index is 697. The van der Waals surface area contributed by atoms with Gasteiger partial charge in [-0.05, 0) is 23.8 Å². The van der Waals surface area contributed by atoms with E-state index in [0.29, 0.717) is 5.95 Å². The van der Waals surface area contributed by atoms with Crippen LogP contribution in [0.4, 0.5) is 19.1 Å². The van der Waals surface area contributed by atoms with Crippen LogP contribution in [0, 0.1) is 5.92 Å². The van der Waals surface area contributed by atoms with Gasteiger partial charge in [0, 0.05) is 37.4 Å². The lowest BCUT2D eigenvalue weighted by atomic mass is 10.0. The molecule has 150 valence electrons. The van der Waals surface area contributed by atoms with Crippen LogP contribution in [0.3, 0.4) is 0 Å². The third-order valence-electron chi connectivity index (χ3n) is 3.92. The first-order valence-corrected chi connectivity index (χ1v) is 7.62. The van der Waals surface area contributed by atoms with Crippen molar-refractivity contribution in [1.29, 1.82) is 0 Å². The molecule has 10 heteroatoms. The SMILES string of the molecule is Cl.Cl.Cl.FC(F)(F)c1ccc(C=CC2CNCC2Nc2ncccn2)cc1. The van der Waals surface area contributed by atoms with E-state index >= 15 is 0 Å². The molecule has 2 unspecified atom stereocenters. The Morgan fingerprint density at radius 3 is 2.22 bits per heavy atom. The summed E-state index contributed by atoms with van der Waals surface area (Å²) in [7, 11) is 0. The van der Waals surface area contributed by atoms with Crippen molar-refractivity contribution in [1.82, 2.24) is 15.3 Å². The molecule has 1 fully saturated rings. The molecular formula is C17H20Cl3F3N4. The van der Waals surface area contributed by atoms with Crippen molar-refractivity contribution in [3.63, 3.8) is 0 Å². The molecule has 1 aromatic carbocycles. The van der Waals surface area contributed by atoms with Crippen LogP contribution in [-0.4, -0.2) is 29.1 Å². The van der Waals surface area contributed by atoms with E-state index in [4.69, 9.17) is 0 Å². The fourth-order valence-corrected chi connectivity index (χ4v) is 2.62. The lowest BCUT2D eigenvalue weighted by Gasteiger charge is -2.16. The van der Waals surface area contributed by atoms with Crippen LogP contribution in [0.25, 0.3) is 6.08 Å². The highest BCUT2D eigenvalue weighted by atomic mass is 35.5. The van der Waals surface area contributed by atoms with Crippen LogP contribution >= 0.6 is 37.2 Å². The second kappa shape index (κ2) is 11.3. The minimum Gasteiger partial charge on any atom is -0.350 e. The van der Waals surface area contributed by atoms with E-state index in [9.17, 15) is 13.2 Å². The number of hydrogen-bond donors (Lipinski definition) is 2. The standard InChI is InChI=1S/C17H17F3N4.3ClH/c18-17(19,20)14-6-3-12(4-7-14)2-5-13-10-21-11-15(13)24-16-22-8-1-9-23-16;;;/h1-9,13,15,21H,10-11H2,(H,22,23,24);3*1H. The van der Waals surface area contributed by atoms with Gasteiger partial charge in [-0.25, -0.2) is 9.97 Å². The zero-order valence-electron chi connectivity index (χ0n) is 14.0. The van der Waals surface area contributed by atoms with Crippen LogP contribution in [0.5, 0.6) is 0 Å². The minimum absolute atomic E-state index is 0. The first-order chi connectivity index (χ1) is 11.5. The third-order valence-corrected chi connectivity index (χ3v) is 3.92. The first-order valence-electron chi connectivity index (χ1n) is 7.62. The summed E-state index contributed by atoms with van der Waals surface area (Å²) in [5, 5.41) is 6.56. The van der Waals surface area contributed by atoms with E-state index in [0.717, 1.165) is 30.8 Å². The molecule has 2 aromatic rings. The van der Waals surface area contributed by atoms with Crippen molar-refractivity contribution in [2.45, 2.75) is 12.2 Å². The number of nitrogens with one attached hydrogen (secondary N) is 2. The molecule has 3 rings (SSSR count). The number of rotatable bonds is 4. The van der Waals surface area contributed by atoms with E-state index in [2.05, 4.69) is 20.6 Å². The number of nitrogens with zero attached hydrogens (tertiary/aromatic N) is 2.